The summed E-state index contributed by atoms with van der Waals surface area (Å²) < 4.78 is 5.77. The number of aliphatic hydroxyl groups is 1. The summed E-state index contributed by atoms with van der Waals surface area (Å²) in [5.41, 5.74) is 1.01. The Balaban J connectivity index is 1.95. The van der Waals surface area contributed by atoms with E-state index in [0.717, 1.165) is 12.0 Å². The summed E-state index contributed by atoms with van der Waals surface area (Å²) in [6, 6.07) is 7.17. The summed E-state index contributed by atoms with van der Waals surface area (Å²) >= 11 is 5.91. The molecule has 0 saturated carbocycles. The third-order valence-corrected chi connectivity index (χ3v) is 4.42. The first-order chi connectivity index (χ1) is 11.0. The third-order valence-electron chi connectivity index (χ3n) is 4.17. The van der Waals surface area contributed by atoms with E-state index < -0.39 is 0 Å². The Labute approximate surface area is 142 Å². The van der Waals surface area contributed by atoms with Crippen LogP contribution in [-0.2, 0) is 4.74 Å². The Morgan fingerprint density at radius 2 is 2.09 bits per heavy atom. The quantitative estimate of drug-likeness (QED) is 0.745. The normalized spacial score (nSPS) is 22.1. The minimum absolute atomic E-state index is 0.0451. The van der Waals surface area contributed by atoms with Gasteiger partial charge in [0.2, 0.25) is 0 Å². The zero-order valence-corrected chi connectivity index (χ0v) is 14.3. The van der Waals surface area contributed by atoms with E-state index in [-0.39, 0.29) is 36.7 Å². The van der Waals surface area contributed by atoms with E-state index in [9.17, 15) is 4.79 Å². The number of ether oxygens (including phenoxy) is 1. The molecule has 3 unspecified atom stereocenters. The largest absolute Gasteiger partial charge is 0.396 e. The van der Waals surface area contributed by atoms with E-state index >= 15 is 0 Å². The van der Waals surface area contributed by atoms with Crippen molar-refractivity contribution in [1.29, 1.82) is 0 Å². The second kappa shape index (κ2) is 8.52. The molecule has 2 rings (SSSR count). The van der Waals surface area contributed by atoms with Crippen molar-refractivity contribution < 1.29 is 14.6 Å². The fourth-order valence-corrected chi connectivity index (χ4v) is 2.93. The van der Waals surface area contributed by atoms with Crippen LogP contribution < -0.4 is 10.6 Å². The van der Waals surface area contributed by atoms with Crippen molar-refractivity contribution >= 4 is 17.6 Å². The highest BCUT2D eigenvalue weighted by Crippen LogP contribution is 2.29. The summed E-state index contributed by atoms with van der Waals surface area (Å²) in [4.78, 5) is 12.2. The van der Waals surface area contributed by atoms with Crippen LogP contribution in [0.15, 0.2) is 24.3 Å². The molecule has 0 aliphatic carbocycles. The molecule has 0 bridgehead atoms. The fourth-order valence-electron chi connectivity index (χ4n) is 2.81. The maximum Gasteiger partial charge on any atom is 0.315 e. The molecule has 1 aliphatic rings. The number of nitrogens with one attached hydrogen (secondary N) is 2. The molecular formula is C17H25ClN2O3. The van der Waals surface area contributed by atoms with Crippen molar-refractivity contribution in [2.45, 2.75) is 44.9 Å². The summed E-state index contributed by atoms with van der Waals surface area (Å²) in [5, 5.41) is 15.7. The second-order valence-corrected chi connectivity index (χ2v) is 6.66. The van der Waals surface area contributed by atoms with Gasteiger partial charge in [0.25, 0.3) is 0 Å². The summed E-state index contributed by atoms with van der Waals surface area (Å²) in [5.74, 6) is 0.264. The van der Waals surface area contributed by atoms with Gasteiger partial charge in [-0.2, -0.15) is 0 Å². The lowest BCUT2D eigenvalue weighted by atomic mass is 10.0. The Morgan fingerprint density at radius 3 is 2.70 bits per heavy atom. The van der Waals surface area contributed by atoms with Gasteiger partial charge < -0.3 is 20.5 Å². The molecule has 6 heteroatoms. The first kappa shape index (κ1) is 18.0. The highest BCUT2D eigenvalue weighted by atomic mass is 35.5. The van der Waals surface area contributed by atoms with Gasteiger partial charge in [-0.25, -0.2) is 4.79 Å². The molecule has 128 valence electrons. The Bertz CT molecular complexity index is 507. The molecule has 0 spiro atoms. The summed E-state index contributed by atoms with van der Waals surface area (Å²) in [6.45, 7) is 4.72. The average molecular weight is 341 g/mol. The zero-order valence-electron chi connectivity index (χ0n) is 13.6. The van der Waals surface area contributed by atoms with Crippen LogP contribution in [0.3, 0.4) is 0 Å². The first-order valence-electron chi connectivity index (χ1n) is 8.06. The topological polar surface area (TPSA) is 70.6 Å². The number of benzene rings is 1. The predicted octanol–water partition coefficient (Wildman–Crippen LogP) is 2.88. The molecule has 3 N–H and O–H groups in total. The van der Waals surface area contributed by atoms with Gasteiger partial charge in [0.05, 0.1) is 6.04 Å². The molecule has 2 amide bonds. The van der Waals surface area contributed by atoms with Crippen molar-refractivity contribution in [3.8, 4) is 0 Å². The number of aliphatic hydroxyl groups excluding tert-OH is 1. The van der Waals surface area contributed by atoms with Gasteiger partial charge >= 0.3 is 6.03 Å². The molecular weight excluding hydrogens is 316 g/mol. The van der Waals surface area contributed by atoms with Gasteiger partial charge in [0, 0.05) is 24.3 Å². The monoisotopic (exact) mass is 340 g/mol. The maximum atomic E-state index is 12.2. The molecule has 0 aromatic heterocycles. The highest BCUT2D eigenvalue weighted by molar-refractivity contribution is 6.30. The number of carbonyl (C=O) groups excluding carboxylic acids is 1. The number of amides is 2. The minimum Gasteiger partial charge on any atom is -0.396 e. The van der Waals surface area contributed by atoms with Crippen LogP contribution in [0.4, 0.5) is 4.79 Å². The minimum atomic E-state index is -0.216. The Kier molecular flexibility index (Phi) is 6.69. The van der Waals surface area contributed by atoms with E-state index in [4.69, 9.17) is 21.4 Å². The van der Waals surface area contributed by atoms with Crippen LogP contribution >= 0.6 is 11.6 Å². The van der Waals surface area contributed by atoms with Crippen molar-refractivity contribution in [2.24, 2.45) is 5.92 Å². The van der Waals surface area contributed by atoms with Crippen LogP contribution in [0.5, 0.6) is 0 Å². The summed E-state index contributed by atoms with van der Waals surface area (Å²) in [6.07, 6.45) is 1.16. The molecule has 1 aliphatic heterocycles. The molecule has 1 saturated heterocycles. The SMILES string of the molecule is CC(C)C(CCO)NC(=O)NC1CCOC1c1ccc(Cl)cc1. The van der Waals surface area contributed by atoms with E-state index in [2.05, 4.69) is 10.6 Å². The van der Waals surface area contributed by atoms with Crippen LogP contribution in [0.1, 0.15) is 38.4 Å². The van der Waals surface area contributed by atoms with Crippen LogP contribution in [0, 0.1) is 5.92 Å². The third kappa shape index (κ3) is 5.09. The van der Waals surface area contributed by atoms with Crippen LogP contribution in [0.2, 0.25) is 5.02 Å². The summed E-state index contributed by atoms with van der Waals surface area (Å²) in [7, 11) is 0. The van der Waals surface area contributed by atoms with Crippen LogP contribution in [0.25, 0.3) is 0 Å². The average Bonchev–Trinajstić information content (AvgIpc) is 2.95. The van der Waals surface area contributed by atoms with E-state index in [1.165, 1.54) is 0 Å². The number of carbonyl (C=O) groups is 1. The predicted molar refractivity (Wildman–Crippen MR) is 90.5 cm³/mol. The number of urea groups is 1. The zero-order chi connectivity index (χ0) is 16.8. The maximum absolute atomic E-state index is 12.2. The van der Waals surface area contributed by atoms with Gasteiger partial charge in [-0.15, -0.1) is 0 Å². The number of rotatable bonds is 6. The Morgan fingerprint density at radius 1 is 1.39 bits per heavy atom. The number of hydrogen-bond acceptors (Lipinski definition) is 3. The molecule has 5 nitrogen and oxygen atoms in total. The number of halogens is 1. The molecule has 1 aromatic carbocycles. The van der Waals surface area contributed by atoms with Gasteiger partial charge in [-0.05, 0) is 36.5 Å². The van der Waals surface area contributed by atoms with Gasteiger partial charge in [-0.3, -0.25) is 0 Å². The lowest BCUT2D eigenvalue weighted by molar-refractivity contribution is 0.0996. The van der Waals surface area contributed by atoms with Crippen molar-refractivity contribution in [3.05, 3.63) is 34.9 Å². The van der Waals surface area contributed by atoms with Gasteiger partial charge in [-0.1, -0.05) is 37.6 Å². The lowest BCUT2D eigenvalue weighted by Crippen LogP contribution is -2.48. The van der Waals surface area contributed by atoms with E-state index in [0.29, 0.717) is 18.1 Å². The van der Waals surface area contributed by atoms with Crippen molar-refractivity contribution in [2.75, 3.05) is 13.2 Å². The standard InChI is InChI=1S/C17H25ClN2O3/c1-11(2)14(7-9-21)19-17(22)20-15-8-10-23-16(15)12-3-5-13(18)6-4-12/h3-6,11,14-16,21H,7-10H2,1-2H3,(H2,19,20,22). The first-order valence-corrected chi connectivity index (χ1v) is 8.44. The van der Waals surface area contributed by atoms with Crippen molar-refractivity contribution in [3.63, 3.8) is 0 Å². The van der Waals surface area contributed by atoms with E-state index in [1.807, 2.05) is 38.1 Å². The molecule has 1 fully saturated rings. The van der Waals surface area contributed by atoms with Crippen LogP contribution in [-0.4, -0.2) is 36.4 Å². The van der Waals surface area contributed by atoms with E-state index in [1.54, 1.807) is 0 Å². The fraction of sp³-hybridized carbons (Fsp3) is 0.588. The highest BCUT2D eigenvalue weighted by Gasteiger charge is 2.31. The second-order valence-electron chi connectivity index (χ2n) is 6.22. The smallest absolute Gasteiger partial charge is 0.315 e. The van der Waals surface area contributed by atoms with Gasteiger partial charge in [0.1, 0.15) is 6.10 Å². The molecule has 1 aromatic rings. The number of hydrogen-bond donors (Lipinski definition) is 3. The van der Waals surface area contributed by atoms with Crippen molar-refractivity contribution in [1.82, 2.24) is 10.6 Å². The molecule has 3 atom stereocenters. The van der Waals surface area contributed by atoms with Gasteiger partial charge in [0.15, 0.2) is 0 Å². The lowest BCUT2D eigenvalue weighted by Gasteiger charge is -2.25. The molecule has 0 radical (unpaired) electrons. The molecule has 1 heterocycles. The molecule has 23 heavy (non-hydrogen) atoms. The Hall–Kier alpha value is -1.30.